The molecule has 0 amide bonds. The first-order valence-electron chi connectivity index (χ1n) is 8.74. The molecule has 0 fully saturated rings. The van der Waals surface area contributed by atoms with Gasteiger partial charge in [-0.1, -0.05) is 59.6 Å². The van der Waals surface area contributed by atoms with Crippen molar-refractivity contribution in [3.05, 3.63) is 93.5 Å². The number of aromatic hydroxyl groups is 1. The Morgan fingerprint density at radius 2 is 1.67 bits per heavy atom. The van der Waals surface area contributed by atoms with E-state index < -0.39 is 21.7 Å². The normalized spacial score (nSPS) is 11.3. The van der Waals surface area contributed by atoms with Gasteiger partial charge in [-0.25, -0.2) is 17.9 Å². The number of phenols is 1. The van der Waals surface area contributed by atoms with Gasteiger partial charge in [0.2, 0.25) is 10.0 Å². The molecule has 0 radical (unpaired) electrons. The Bertz CT molecular complexity index is 1170. The fourth-order valence-electron chi connectivity index (χ4n) is 2.56. The number of esters is 1. The summed E-state index contributed by atoms with van der Waals surface area (Å²) in [6.07, 6.45) is 0. The average Bonchev–Trinajstić information content (AvgIpc) is 2.74. The van der Waals surface area contributed by atoms with Crippen LogP contribution in [0.5, 0.6) is 5.75 Å². The van der Waals surface area contributed by atoms with Gasteiger partial charge in [-0.15, -0.1) is 0 Å². The van der Waals surface area contributed by atoms with Crippen LogP contribution >= 0.6 is 23.2 Å². The molecule has 0 aliphatic carbocycles. The lowest BCUT2D eigenvalue weighted by Gasteiger charge is -2.10. The second kappa shape index (κ2) is 9.49. The maximum atomic E-state index is 12.6. The Balaban J connectivity index is 1.73. The predicted molar refractivity (Wildman–Crippen MR) is 114 cm³/mol. The van der Waals surface area contributed by atoms with Gasteiger partial charge in [-0.2, -0.15) is 0 Å². The molecule has 0 saturated heterocycles. The summed E-state index contributed by atoms with van der Waals surface area (Å²) in [6, 6.07) is 17.1. The van der Waals surface area contributed by atoms with Gasteiger partial charge in [0.1, 0.15) is 17.9 Å². The van der Waals surface area contributed by atoms with Crippen molar-refractivity contribution in [3.63, 3.8) is 0 Å². The molecule has 0 aromatic heterocycles. The molecule has 0 atom stereocenters. The second-order valence-electron chi connectivity index (χ2n) is 6.31. The van der Waals surface area contributed by atoms with E-state index in [4.69, 9.17) is 27.9 Å². The Morgan fingerprint density at radius 1 is 0.933 bits per heavy atom. The highest BCUT2D eigenvalue weighted by Crippen LogP contribution is 2.25. The summed E-state index contributed by atoms with van der Waals surface area (Å²) in [4.78, 5) is 12.2. The molecule has 0 aliphatic rings. The summed E-state index contributed by atoms with van der Waals surface area (Å²) in [5.74, 6) is -1.27. The molecule has 156 valence electrons. The van der Waals surface area contributed by atoms with E-state index in [0.717, 1.165) is 17.7 Å². The molecule has 30 heavy (non-hydrogen) atoms. The number of benzene rings is 3. The zero-order valence-corrected chi connectivity index (χ0v) is 17.8. The maximum absolute atomic E-state index is 12.6. The molecule has 0 spiro atoms. The number of rotatable bonds is 7. The van der Waals surface area contributed by atoms with Gasteiger partial charge in [0.15, 0.2) is 0 Å². The minimum Gasteiger partial charge on any atom is -0.507 e. The van der Waals surface area contributed by atoms with E-state index in [1.165, 1.54) is 6.07 Å². The third-order valence-corrected chi connectivity index (χ3v) is 6.30. The molecule has 0 unspecified atom stereocenters. The SMILES string of the molecule is O=C(OCc1ccc(Cl)c(Cl)c1)c1cc(S(=O)(=O)NCc2ccccc2)ccc1O. The molecule has 3 aromatic carbocycles. The minimum absolute atomic E-state index is 0.0845. The first-order chi connectivity index (χ1) is 14.3. The molecule has 6 nitrogen and oxygen atoms in total. The zero-order valence-electron chi connectivity index (χ0n) is 15.5. The van der Waals surface area contributed by atoms with Gasteiger partial charge >= 0.3 is 5.97 Å². The molecule has 0 heterocycles. The van der Waals surface area contributed by atoms with Gasteiger partial charge in [-0.3, -0.25) is 0 Å². The Hall–Kier alpha value is -2.58. The van der Waals surface area contributed by atoms with Crippen LogP contribution in [-0.4, -0.2) is 19.5 Å². The molecule has 2 N–H and O–H groups in total. The molecule has 0 saturated carbocycles. The van der Waals surface area contributed by atoms with Crippen LogP contribution in [0.3, 0.4) is 0 Å². The third kappa shape index (κ3) is 5.52. The first kappa shape index (κ1) is 22.1. The van der Waals surface area contributed by atoms with Gasteiger partial charge in [-0.05, 0) is 41.5 Å². The van der Waals surface area contributed by atoms with Crippen molar-refractivity contribution >= 4 is 39.2 Å². The maximum Gasteiger partial charge on any atom is 0.342 e. The predicted octanol–water partition coefficient (Wildman–Crippen LogP) is 4.53. The van der Waals surface area contributed by atoms with Gasteiger partial charge in [0.05, 0.1) is 14.9 Å². The van der Waals surface area contributed by atoms with Crippen molar-refractivity contribution in [2.24, 2.45) is 0 Å². The van der Waals surface area contributed by atoms with Crippen LogP contribution in [0.1, 0.15) is 21.5 Å². The number of nitrogens with one attached hydrogen (secondary N) is 1. The van der Waals surface area contributed by atoms with E-state index in [-0.39, 0.29) is 23.6 Å². The summed E-state index contributed by atoms with van der Waals surface area (Å²) in [7, 11) is -3.91. The van der Waals surface area contributed by atoms with Crippen LogP contribution in [0.15, 0.2) is 71.6 Å². The lowest BCUT2D eigenvalue weighted by molar-refractivity contribution is 0.0469. The lowest BCUT2D eigenvalue weighted by atomic mass is 10.2. The Kier molecular flexibility index (Phi) is 6.99. The number of hydrogen-bond donors (Lipinski definition) is 2. The molecule has 0 bridgehead atoms. The van der Waals surface area contributed by atoms with E-state index in [9.17, 15) is 18.3 Å². The van der Waals surface area contributed by atoms with Crippen molar-refractivity contribution in [3.8, 4) is 5.75 Å². The summed E-state index contributed by atoms with van der Waals surface area (Å²) < 4.78 is 32.8. The van der Waals surface area contributed by atoms with Gasteiger partial charge in [0, 0.05) is 6.54 Å². The number of sulfonamides is 1. The molecular formula is C21H17Cl2NO5S. The standard InChI is InChI=1S/C21H17Cl2NO5S/c22-18-8-6-15(10-19(18)23)13-29-21(26)17-11-16(7-9-20(17)25)30(27,28)24-12-14-4-2-1-3-5-14/h1-11,24-25H,12-13H2. The minimum atomic E-state index is -3.91. The van der Waals surface area contributed by atoms with Crippen molar-refractivity contribution in [2.45, 2.75) is 18.0 Å². The fraction of sp³-hybridized carbons (Fsp3) is 0.0952. The Labute approximate surface area is 184 Å². The molecule has 3 aromatic rings. The van der Waals surface area contributed by atoms with Gasteiger partial charge in [0.25, 0.3) is 0 Å². The fourth-order valence-corrected chi connectivity index (χ4v) is 3.92. The van der Waals surface area contributed by atoms with E-state index >= 15 is 0 Å². The molecule has 3 rings (SSSR count). The number of carbonyl (C=O) groups is 1. The van der Waals surface area contributed by atoms with Crippen molar-refractivity contribution < 1.29 is 23.1 Å². The van der Waals surface area contributed by atoms with Crippen LogP contribution in [-0.2, 0) is 27.9 Å². The quantitative estimate of drug-likeness (QED) is 0.499. The molecular weight excluding hydrogens is 449 g/mol. The number of phenolic OH excluding ortho intramolecular Hbond substituents is 1. The summed E-state index contributed by atoms with van der Waals surface area (Å²) in [5, 5.41) is 10.7. The zero-order chi connectivity index (χ0) is 21.7. The van der Waals surface area contributed by atoms with E-state index in [1.807, 2.05) is 6.07 Å². The van der Waals surface area contributed by atoms with Crippen molar-refractivity contribution in [2.75, 3.05) is 0 Å². The highest BCUT2D eigenvalue weighted by Gasteiger charge is 2.20. The third-order valence-electron chi connectivity index (χ3n) is 4.16. The second-order valence-corrected chi connectivity index (χ2v) is 8.90. The van der Waals surface area contributed by atoms with E-state index in [0.29, 0.717) is 15.6 Å². The van der Waals surface area contributed by atoms with Crippen LogP contribution < -0.4 is 4.72 Å². The monoisotopic (exact) mass is 465 g/mol. The van der Waals surface area contributed by atoms with Crippen molar-refractivity contribution in [1.29, 1.82) is 0 Å². The van der Waals surface area contributed by atoms with Gasteiger partial charge < -0.3 is 9.84 Å². The highest BCUT2D eigenvalue weighted by atomic mass is 35.5. The van der Waals surface area contributed by atoms with E-state index in [2.05, 4.69) is 4.72 Å². The van der Waals surface area contributed by atoms with E-state index in [1.54, 1.807) is 42.5 Å². The first-order valence-corrected chi connectivity index (χ1v) is 11.0. The van der Waals surface area contributed by atoms with Crippen LogP contribution in [0, 0.1) is 0 Å². The van der Waals surface area contributed by atoms with Crippen LogP contribution in [0.25, 0.3) is 0 Å². The lowest BCUT2D eigenvalue weighted by Crippen LogP contribution is -2.23. The molecule has 0 aliphatic heterocycles. The Morgan fingerprint density at radius 3 is 2.37 bits per heavy atom. The van der Waals surface area contributed by atoms with Crippen LogP contribution in [0.4, 0.5) is 0 Å². The molecule has 9 heteroatoms. The van der Waals surface area contributed by atoms with Crippen LogP contribution in [0.2, 0.25) is 10.0 Å². The number of halogens is 2. The summed E-state index contributed by atoms with van der Waals surface area (Å²) >= 11 is 11.8. The topological polar surface area (TPSA) is 92.7 Å². The smallest absolute Gasteiger partial charge is 0.342 e. The largest absolute Gasteiger partial charge is 0.507 e. The van der Waals surface area contributed by atoms with Crippen molar-refractivity contribution in [1.82, 2.24) is 4.72 Å². The average molecular weight is 466 g/mol. The number of hydrogen-bond acceptors (Lipinski definition) is 5. The number of carbonyl (C=O) groups excluding carboxylic acids is 1. The summed E-state index contributed by atoms with van der Waals surface area (Å²) in [5.41, 5.74) is 1.10. The highest BCUT2D eigenvalue weighted by molar-refractivity contribution is 7.89. The number of ether oxygens (including phenoxy) is 1. The summed E-state index contributed by atoms with van der Waals surface area (Å²) in [6.45, 7) is -0.0421.